The summed E-state index contributed by atoms with van der Waals surface area (Å²) in [5.74, 6) is -44.5. The van der Waals surface area contributed by atoms with E-state index in [-0.39, 0.29) is 43.0 Å². The molecule has 0 atom stereocenters. The molecule has 0 saturated carbocycles. The third-order valence-corrected chi connectivity index (χ3v) is 29.0. The van der Waals surface area contributed by atoms with Gasteiger partial charge in [0, 0.05) is 64.1 Å². The van der Waals surface area contributed by atoms with E-state index in [2.05, 4.69) is 229 Å². The highest BCUT2D eigenvalue weighted by molar-refractivity contribution is 8.00. The Morgan fingerprint density at radius 2 is 0.414 bits per heavy atom. The molecule has 8 aromatic rings. The third kappa shape index (κ3) is 21.0. The predicted molar refractivity (Wildman–Crippen MR) is 370 cm³/mol. The Balaban J connectivity index is 0.000000379. The van der Waals surface area contributed by atoms with Crippen LogP contribution in [-0.4, -0.2) is 109 Å². The van der Waals surface area contributed by atoms with Crippen LogP contribution in [0.25, 0.3) is 0 Å². The Hall–Kier alpha value is -6.27. The largest absolute Gasteiger partial charge is 0.743 e. The maximum absolute atomic E-state index is 12.2. The second-order valence-electron chi connectivity index (χ2n) is 25.5. The van der Waals surface area contributed by atoms with Crippen molar-refractivity contribution in [3.8, 4) is 0 Å². The highest BCUT2D eigenvalue weighted by Gasteiger charge is 2.86. The molecular formula is C72H60F27IO9S7. The van der Waals surface area contributed by atoms with Crippen LogP contribution < -0.4 is 21.2 Å². The van der Waals surface area contributed by atoms with Crippen LogP contribution in [0.4, 0.5) is 119 Å². The molecule has 0 amide bonds. The minimum atomic E-state index is -7.43. The minimum Gasteiger partial charge on any atom is -0.743 e. The number of hydrogen-bond acceptors (Lipinski definition) is 11. The number of halogens is 28. The standard InChI is InChI=1S/C60H60IS4.3C4HF9O3S/c1-37-29-41(5)57(42(6)30-37)64(58-43(7)31-38(2)32-44(58)8)55-25-21-53(22-26-55)62-51-17-13-49(14-18-51)61-50-15-19-52(20-16-50)63-54-23-27-56(28-24-54)65(59-45(9)33-39(3)34-46(59)10)60-47(11)35-40(4)36-48(60)12;3*5-1(6,3(9,10)11)2(7,8)4(12,13)17(14,15)16/h13-36H,1-12H3;3*(H,14,15,16)/q+3;;;/p-3. The Morgan fingerprint density at radius 3 is 0.560 bits per heavy atom. The first kappa shape index (κ1) is 100. The van der Waals surface area contributed by atoms with Gasteiger partial charge in [-0.25, -0.2) is 25.3 Å². The van der Waals surface area contributed by atoms with E-state index in [4.69, 9.17) is 0 Å². The molecule has 116 heavy (non-hydrogen) atoms. The summed E-state index contributed by atoms with van der Waals surface area (Å²) in [4.78, 5) is 13.7. The molecule has 0 fully saturated rings. The summed E-state index contributed by atoms with van der Waals surface area (Å²) in [7, 11) is -22.6. The van der Waals surface area contributed by atoms with Crippen LogP contribution in [0.2, 0.25) is 0 Å². The zero-order valence-electron chi connectivity index (χ0n) is 61.0. The monoisotopic (exact) mass is 1930 g/mol. The van der Waals surface area contributed by atoms with Crippen LogP contribution in [0.3, 0.4) is 0 Å². The molecule has 0 aliphatic rings. The molecule has 0 radical (unpaired) electrons. The van der Waals surface area contributed by atoms with E-state index in [1.165, 1.54) is 123 Å². The Labute approximate surface area is 671 Å². The van der Waals surface area contributed by atoms with E-state index in [1.807, 2.05) is 23.5 Å². The minimum absolute atomic E-state index is 0.193. The van der Waals surface area contributed by atoms with Gasteiger partial charge in [0.1, 0.15) is 21.8 Å². The van der Waals surface area contributed by atoms with E-state index in [0.29, 0.717) is 0 Å². The Morgan fingerprint density at radius 1 is 0.259 bits per heavy atom. The molecule has 0 aromatic heterocycles. The van der Waals surface area contributed by atoms with Crippen LogP contribution in [0, 0.1) is 90.2 Å². The average molecular weight is 1930 g/mol. The van der Waals surface area contributed by atoms with E-state index >= 15 is 0 Å². The normalized spacial score (nSPS) is 13.6. The number of aryl methyl sites for hydroxylation is 12. The van der Waals surface area contributed by atoms with E-state index in [0.717, 1.165) is 0 Å². The summed E-state index contributed by atoms with van der Waals surface area (Å²) in [5.41, 5.74) is 16.3. The quantitative estimate of drug-likeness (QED) is 0.0290. The first-order chi connectivity index (χ1) is 52.1. The smallest absolute Gasteiger partial charge is 0.460 e. The van der Waals surface area contributed by atoms with Crippen molar-refractivity contribution in [3.63, 3.8) is 0 Å². The number of rotatable bonds is 21. The summed E-state index contributed by atoms with van der Waals surface area (Å²) in [6, 6.07) is 56.2. The highest BCUT2D eigenvalue weighted by Crippen LogP contribution is 2.58. The lowest BCUT2D eigenvalue weighted by atomic mass is 10.1. The molecule has 0 bridgehead atoms. The van der Waals surface area contributed by atoms with Crippen LogP contribution in [0.1, 0.15) is 66.8 Å². The van der Waals surface area contributed by atoms with Crippen molar-refractivity contribution >= 4 is 75.7 Å². The van der Waals surface area contributed by atoms with E-state index in [9.17, 15) is 157 Å². The van der Waals surface area contributed by atoms with Gasteiger partial charge in [-0.05, 0) is 180 Å². The summed E-state index contributed by atoms with van der Waals surface area (Å²) in [6.07, 6.45) is -21.5. The van der Waals surface area contributed by atoms with Gasteiger partial charge in [0.15, 0.2) is 66.9 Å². The van der Waals surface area contributed by atoms with Crippen molar-refractivity contribution in [1.82, 2.24) is 0 Å². The molecule has 0 aliphatic carbocycles. The SMILES string of the molecule is Cc1cc(C)c([S+](c2ccc(Sc3ccc([I+]c4ccc(Sc5ccc([S+](c6c(C)cc(C)cc6C)c6c(C)cc(C)cc6C)cc5)cc4)cc3)cc2)c2c(C)cc(C)cc2C)c(C)c1.O=S(=O)([O-])C(F)(F)C(F)(F)C(F)(F)C(F)(F)F.O=S(=O)([O-])C(F)(F)C(F)(F)C(F)(F)C(F)(F)F.O=S(=O)([O-])C(F)(F)C(F)(F)C(F)(F)C(F)(F)F. The van der Waals surface area contributed by atoms with E-state index in [1.54, 1.807) is 0 Å². The zero-order valence-corrected chi connectivity index (χ0v) is 68.8. The van der Waals surface area contributed by atoms with Gasteiger partial charge in [-0.3, -0.25) is 0 Å². The summed E-state index contributed by atoms with van der Waals surface area (Å²) in [6.45, 7) is 27.1. The molecule has 0 heterocycles. The van der Waals surface area contributed by atoms with Crippen molar-refractivity contribution in [2.75, 3.05) is 0 Å². The molecule has 0 saturated heterocycles. The number of alkyl halides is 27. The Kier molecular flexibility index (Phi) is 30.6. The van der Waals surface area contributed by atoms with Gasteiger partial charge in [0.05, 0.1) is 0 Å². The fourth-order valence-electron chi connectivity index (χ4n) is 11.0. The second kappa shape index (κ2) is 35.4. The van der Waals surface area contributed by atoms with Gasteiger partial charge in [-0.15, -0.1) is 0 Å². The fourth-order valence-corrected chi connectivity index (χ4v) is 21.3. The van der Waals surface area contributed by atoms with Crippen LogP contribution in [0.15, 0.2) is 195 Å². The van der Waals surface area contributed by atoms with Gasteiger partial charge in [0.25, 0.3) is 0 Å². The third-order valence-electron chi connectivity index (χ3n) is 16.0. The molecular weight excluding hydrogens is 1870 g/mol. The molecule has 8 rings (SSSR count). The molecule has 44 heteroatoms. The molecule has 0 aliphatic heterocycles. The lowest BCUT2D eigenvalue weighted by molar-refractivity contribution is -0.597. The summed E-state index contributed by atoms with van der Waals surface area (Å²) >= 11 is 3.42. The Bertz CT molecular complexity index is 4620. The van der Waals surface area contributed by atoms with Gasteiger partial charge < -0.3 is 13.7 Å². The number of benzene rings is 8. The van der Waals surface area contributed by atoms with Gasteiger partial charge in [-0.2, -0.15) is 119 Å². The van der Waals surface area contributed by atoms with Crippen molar-refractivity contribution in [2.24, 2.45) is 0 Å². The number of hydrogen-bond donors (Lipinski definition) is 0. The summed E-state index contributed by atoms with van der Waals surface area (Å²) in [5, 5.41) is -21.3. The molecule has 9 nitrogen and oxygen atoms in total. The van der Waals surface area contributed by atoms with Gasteiger partial charge in [0.2, 0.25) is 0 Å². The zero-order chi connectivity index (χ0) is 89.6. The summed E-state index contributed by atoms with van der Waals surface area (Å²) < 4.78 is 409. The predicted octanol–water partition coefficient (Wildman–Crippen LogP) is 19.9. The van der Waals surface area contributed by atoms with Crippen LogP contribution in [0.5, 0.6) is 0 Å². The highest BCUT2D eigenvalue weighted by atomic mass is 127. The van der Waals surface area contributed by atoms with Crippen LogP contribution >= 0.6 is 23.5 Å². The molecule has 0 N–H and O–H groups in total. The average Bonchev–Trinajstić information content (AvgIpc) is 0.734. The van der Waals surface area contributed by atoms with Crippen molar-refractivity contribution in [3.05, 3.63) is 219 Å². The van der Waals surface area contributed by atoms with Gasteiger partial charge >= 0.3 is 91.0 Å². The van der Waals surface area contributed by atoms with Crippen molar-refractivity contribution in [2.45, 2.75) is 202 Å². The topological polar surface area (TPSA) is 172 Å². The maximum atomic E-state index is 12.2. The molecule has 8 aromatic carbocycles. The fraction of sp³-hybridized carbons (Fsp3) is 0.333. The van der Waals surface area contributed by atoms with E-state index < -0.39 is 100 Å². The molecule has 0 unspecified atom stereocenters. The lowest BCUT2D eigenvalue weighted by Crippen LogP contribution is -3.61. The second-order valence-corrected chi connectivity index (χ2v) is 38.9. The van der Waals surface area contributed by atoms with Crippen molar-refractivity contribution < 1.29 is 179 Å². The first-order valence-corrected chi connectivity index (χ1v) is 42.3. The van der Waals surface area contributed by atoms with Crippen LogP contribution in [-0.2, 0) is 52.1 Å². The van der Waals surface area contributed by atoms with Gasteiger partial charge in [-0.1, -0.05) is 94.3 Å². The molecule has 0 spiro atoms. The lowest BCUT2D eigenvalue weighted by Gasteiger charge is -2.34. The molecule has 640 valence electrons. The maximum Gasteiger partial charge on any atom is 0.460 e. The van der Waals surface area contributed by atoms with Crippen molar-refractivity contribution in [1.29, 1.82) is 0 Å². The first-order valence-electron chi connectivity index (χ1n) is 31.8.